The lowest BCUT2D eigenvalue weighted by Crippen LogP contribution is -2.14. The molecule has 0 spiro atoms. The van der Waals surface area contributed by atoms with Crippen molar-refractivity contribution in [2.45, 2.75) is 20.3 Å². The highest BCUT2D eigenvalue weighted by Crippen LogP contribution is 1.97. The Kier molecular flexibility index (Phi) is 13.9. The van der Waals surface area contributed by atoms with E-state index in [1.807, 2.05) is 13.0 Å². The van der Waals surface area contributed by atoms with E-state index in [4.69, 9.17) is 11.6 Å². The summed E-state index contributed by atoms with van der Waals surface area (Å²) in [6.45, 7) is 12.2. The summed E-state index contributed by atoms with van der Waals surface area (Å²) in [6, 6.07) is 0. The van der Waals surface area contributed by atoms with Gasteiger partial charge in [0.2, 0.25) is 0 Å². The molecule has 0 radical (unpaired) electrons. The van der Waals surface area contributed by atoms with E-state index in [2.05, 4.69) is 38.1 Å². The standard InChI is InChI=1S/C8H15N.C4H7Cl/c1-5-7-9(4)8(3)6-2;1-2-3-4-5/h5-6H,1,7H2,2-4H3;2H,1,3-4H2/b8-6+;. The minimum atomic E-state index is 0.698. The molecular formula is C12H22ClN. The van der Waals surface area contributed by atoms with Crippen LogP contribution in [0.1, 0.15) is 20.3 Å². The first-order valence-electron chi connectivity index (χ1n) is 4.75. The molecule has 0 atom stereocenters. The zero-order valence-electron chi connectivity index (χ0n) is 9.59. The highest BCUT2D eigenvalue weighted by molar-refractivity contribution is 6.17. The topological polar surface area (TPSA) is 3.24 Å². The van der Waals surface area contributed by atoms with Crippen LogP contribution in [-0.4, -0.2) is 24.4 Å². The van der Waals surface area contributed by atoms with Gasteiger partial charge in [0, 0.05) is 25.2 Å². The van der Waals surface area contributed by atoms with Crippen molar-refractivity contribution in [3.8, 4) is 0 Å². The van der Waals surface area contributed by atoms with Crippen molar-refractivity contribution in [2.75, 3.05) is 19.5 Å². The molecule has 0 aromatic heterocycles. The van der Waals surface area contributed by atoms with Crippen LogP contribution >= 0.6 is 11.6 Å². The van der Waals surface area contributed by atoms with Gasteiger partial charge in [-0.05, 0) is 20.3 Å². The lowest BCUT2D eigenvalue weighted by Gasteiger charge is -2.16. The molecule has 0 fully saturated rings. The zero-order valence-corrected chi connectivity index (χ0v) is 10.3. The van der Waals surface area contributed by atoms with Crippen LogP contribution in [0.4, 0.5) is 0 Å². The maximum Gasteiger partial charge on any atom is 0.0350 e. The molecule has 0 aromatic carbocycles. The maximum absolute atomic E-state index is 5.23. The smallest absolute Gasteiger partial charge is 0.0350 e. The van der Waals surface area contributed by atoms with Gasteiger partial charge in [-0.25, -0.2) is 0 Å². The Labute approximate surface area is 93.8 Å². The third-order valence-corrected chi connectivity index (χ3v) is 1.95. The normalized spacial score (nSPS) is 9.86. The first kappa shape index (κ1) is 15.8. The van der Waals surface area contributed by atoms with E-state index in [0.29, 0.717) is 5.88 Å². The molecule has 0 bridgehead atoms. The molecular weight excluding hydrogens is 194 g/mol. The molecule has 0 aliphatic heterocycles. The number of nitrogens with zero attached hydrogens (tertiary/aromatic N) is 1. The van der Waals surface area contributed by atoms with Crippen molar-refractivity contribution in [1.82, 2.24) is 4.90 Å². The molecule has 0 saturated carbocycles. The van der Waals surface area contributed by atoms with E-state index >= 15 is 0 Å². The Bertz CT molecular complexity index is 173. The molecule has 0 rings (SSSR count). The van der Waals surface area contributed by atoms with Crippen molar-refractivity contribution in [3.05, 3.63) is 37.1 Å². The highest BCUT2D eigenvalue weighted by Gasteiger charge is 1.90. The van der Waals surface area contributed by atoms with Gasteiger partial charge in [0.15, 0.2) is 0 Å². The van der Waals surface area contributed by atoms with Gasteiger partial charge in [0.1, 0.15) is 0 Å². The number of likely N-dealkylation sites (N-methyl/N-ethyl adjacent to an activating group) is 1. The fraction of sp³-hybridized carbons (Fsp3) is 0.500. The molecule has 1 nitrogen and oxygen atoms in total. The van der Waals surface area contributed by atoms with Gasteiger partial charge in [-0.1, -0.05) is 18.2 Å². The van der Waals surface area contributed by atoms with Crippen LogP contribution in [0, 0.1) is 0 Å². The van der Waals surface area contributed by atoms with E-state index < -0.39 is 0 Å². The average molecular weight is 216 g/mol. The molecule has 0 saturated heterocycles. The van der Waals surface area contributed by atoms with Crippen molar-refractivity contribution >= 4 is 11.6 Å². The average Bonchev–Trinajstić information content (AvgIpc) is 2.19. The zero-order chi connectivity index (χ0) is 11.4. The van der Waals surface area contributed by atoms with Crippen LogP contribution in [0.2, 0.25) is 0 Å². The summed E-state index contributed by atoms with van der Waals surface area (Å²) in [6.07, 6.45) is 6.70. The highest BCUT2D eigenvalue weighted by atomic mass is 35.5. The minimum absolute atomic E-state index is 0.698. The van der Waals surface area contributed by atoms with E-state index in [1.165, 1.54) is 5.70 Å². The molecule has 0 unspecified atom stereocenters. The van der Waals surface area contributed by atoms with Gasteiger partial charge in [-0.3, -0.25) is 0 Å². The number of hydrogen-bond acceptors (Lipinski definition) is 1. The van der Waals surface area contributed by atoms with Gasteiger partial charge in [0.25, 0.3) is 0 Å². The largest absolute Gasteiger partial charge is 0.375 e. The predicted molar refractivity (Wildman–Crippen MR) is 67.8 cm³/mol. The SMILES string of the molecule is C=CCCCl.C=CCN(C)/C(C)=C/C. The van der Waals surface area contributed by atoms with E-state index in [0.717, 1.165) is 13.0 Å². The second-order valence-electron chi connectivity index (χ2n) is 2.87. The molecule has 0 amide bonds. The summed E-state index contributed by atoms with van der Waals surface area (Å²) < 4.78 is 0. The molecule has 0 heterocycles. The van der Waals surface area contributed by atoms with E-state index in [1.54, 1.807) is 6.08 Å². The molecule has 0 aromatic rings. The van der Waals surface area contributed by atoms with Crippen LogP contribution < -0.4 is 0 Å². The number of allylic oxidation sites excluding steroid dienone is 3. The first-order chi connectivity index (χ1) is 6.63. The van der Waals surface area contributed by atoms with Crippen LogP contribution in [0.25, 0.3) is 0 Å². The number of alkyl halides is 1. The summed E-state index contributed by atoms with van der Waals surface area (Å²) in [5, 5.41) is 0. The lowest BCUT2D eigenvalue weighted by molar-refractivity contribution is 0.465. The second kappa shape index (κ2) is 12.3. The Hall–Kier alpha value is -0.690. The second-order valence-corrected chi connectivity index (χ2v) is 3.24. The molecule has 0 aliphatic rings. The Morgan fingerprint density at radius 1 is 1.36 bits per heavy atom. The van der Waals surface area contributed by atoms with Gasteiger partial charge >= 0.3 is 0 Å². The monoisotopic (exact) mass is 215 g/mol. The number of rotatable bonds is 5. The van der Waals surface area contributed by atoms with E-state index in [-0.39, 0.29) is 0 Å². The molecule has 14 heavy (non-hydrogen) atoms. The fourth-order valence-electron chi connectivity index (χ4n) is 0.635. The summed E-state index contributed by atoms with van der Waals surface area (Å²) in [5.74, 6) is 0.698. The van der Waals surface area contributed by atoms with Crippen molar-refractivity contribution < 1.29 is 0 Å². The molecule has 0 N–H and O–H groups in total. The van der Waals surface area contributed by atoms with Crippen LogP contribution in [0.15, 0.2) is 37.1 Å². The van der Waals surface area contributed by atoms with Crippen LogP contribution in [0.3, 0.4) is 0 Å². The maximum atomic E-state index is 5.23. The summed E-state index contributed by atoms with van der Waals surface area (Å²) in [4.78, 5) is 2.15. The van der Waals surface area contributed by atoms with Crippen LogP contribution in [0.5, 0.6) is 0 Å². The van der Waals surface area contributed by atoms with Gasteiger partial charge in [0.05, 0.1) is 0 Å². The summed E-state index contributed by atoms with van der Waals surface area (Å²) >= 11 is 5.23. The minimum Gasteiger partial charge on any atom is -0.375 e. The van der Waals surface area contributed by atoms with Crippen LogP contribution in [-0.2, 0) is 0 Å². The van der Waals surface area contributed by atoms with Gasteiger partial charge < -0.3 is 4.90 Å². The predicted octanol–water partition coefficient (Wildman–Crippen LogP) is 3.83. The molecule has 2 heteroatoms. The van der Waals surface area contributed by atoms with E-state index in [9.17, 15) is 0 Å². The third kappa shape index (κ3) is 11.3. The number of halogens is 1. The van der Waals surface area contributed by atoms with Gasteiger partial charge in [-0.2, -0.15) is 0 Å². The molecule has 0 aliphatic carbocycles. The van der Waals surface area contributed by atoms with Crippen molar-refractivity contribution in [1.29, 1.82) is 0 Å². The summed E-state index contributed by atoms with van der Waals surface area (Å²) in [7, 11) is 2.05. The quantitative estimate of drug-likeness (QED) is 0.498. The summed E-state index contributed by atoms with van der Waals surface area (Å²) in [5.41, 5.74) is 1.29. The first-order valence-corrected chi connectivity index (χ1v) is 5.29. The fourth-order valence-corrected chi connectivity index (χ4v) is 0.789. The third-order valence-electron chi connectivity index (χ3n) is 1.74. The number of hydrogen-bond donors (Lipinski definition) is 0. The van der Waals surface area contributed by atoms with Crippen molar-refractivity contribution in [2.24, 2.45) is 0 Å². The Morgan fingerprint density at radius 3 is 2.14 bits per heavy atom. The van der Waals surface area contributed by atoms with Crippen molar-refractivity contribution in [3.63, 3.8) is 0 Å². The Balaban J connectivity index is 0. The molecule has 82 valence electrons. The van der Waals surface area contributed by atoms with Gasteiger partial charge in [-0.15, -0.1) is 24.8 Å². The lowest BCUT2D eigenvalue weighted by atomic mass is 10.4. The Morgan fingerprint density at radius 2 is 1.93 bits per heavy atom.